The molecule has 0 amide bonds. The summed E-state index contributed by atoms with van der Waals surface area (Å²) in [5.74, 6) is 3.78. The van der Waals surface area contributed by atoms with Gasteiger partial charge in [-0.15, -0.1) is 0 Å². The molecule has 5 heteroatoms. The van der Waals surface area contributed by atoms with E-state index in [1.165, 1.54) is 38.5 Å². The van der Waals surface area contributed by atoms with E-state index in [1.807, 2.05) is 6.92 Å². The molecule has 0 spiro atoms. The number of hydrogen-bond acceptors (Lipinski definition) is 4. The van der Waals surface area contributed by atoms with Crippen LogP contribution in [0.2, 0.25) is 5.15 Å². The van der Waals surface area contributed by atoms with Crippen molar-refractivity contribution in [2.45, 2.75) is 51.0 Å². The summed E-state index contributed by atoms with van der Waals surface area (Å²) in [5.41, 5.74) is 0.523. The Bertz CT molecular complexity index is 566. The Morgan fingerprint density at radius 1 is 1.14 bits per heavy atom. The smallest absolute Gasteiger partial charge is 0.156 e. The quantitative estimate of drug-likeness (QED) is 0.684. The van der Waals surface area contributed by atoms with E-state index >= 15 is 0 Å². The third kappa shape index (κ3) is 2.24. The average molecular weight is 306 g/mol. The maximum Gasteiger partial charge on any atom is 0.156 e. The van der Waals surface area contributed by atoms with E-state index in [9.17, 15) is 4.79 Å². The summed E-state index contributed by atoms with van der Waals surface area (Å²) in [6.07, 6.45) is 8.57. The lowest BCUT2D eigenvalue weighted by atomic mass is 9.53. The molecule has 0 radical (unpaired) electrons. The molecule has 0 aliphatic heterocycles. The Morgan fingerprint density at radius 3 is 2.24 bits per heavy atom. The maximum absolute atomic E-state index is 11.3. The van der Waals surface area contributed by atoms with Gasteiger partial charge in [-0.3, -0.25) is 4.79 Å². The van der Waals surface area contributed by atoms with Crippen molar-refractivity contribution in [1.29, 1.82) is 0 Å². The highest BCUT2D eigenvalue weighted by atomic mass is 35.5. The first-order chi connectivity index (χ1) is 10.1. The number of carbonyl (C=O) groups is 1. The zero-order valence-corrected chi connectivity index (χ0v) is 13.0. The summed E-state index contributed by atoms with van der Waals surface area (Å²) >= 11 is 6.10. The molecule has 4 aliphatic rings. The van der Waals surface area contributed by atoms with Crippen molar-refractivity contribution in [3.05, 3.63) is 16.5 Å². The van der Waals surface area contributed by atoms with Gasteiger partial charge < -0.3 is 5.32 Å². The van der Waals surface area contributed by atoms with Crippen molar-refractivity contribution in [2.75, 3.05) is 5.32 Å². The fourth-order valence-electron chi connectivity index (χ4n) is 5.26. The predicted molar refractivity (Wildman–Crippen MR) is 81.7 cm³/mol. The van der Waals surface area contributed by atoms with E-state index in [1.54, 1.807) is 0 Å². The second kappa shape index (κ2) is 4.67. The summed E-state index contributed by atoms with van der Waals surface area (Å²) < 4.78 is 0. The van der Waals surface area contributed by atoms with Crippen LogP contribution in [-0.2, 0) is 0 Å². The lowest BCUT2D eigenvalue weighted by Gasteiger charge is -2.57. The third-order valence-corrected chi connectivity index (χ3v) is 5.84. The molecule has 0 saturated heterocycles. The van der Waals surface area contributed by atoms with Crippen LogP contribution in [0.15, 0.2) is 0 Å². The third-order valence-electron chi connectivity index (χ3n) is 5.55. The number of aldehydes is 1. The maximum atomic E-state index is 11.3. The molecule has 0 atom stereocenters. The van der Waals surface area contributed by atoms with Crippen molar-refractivity contribution < 1.29 is 4.79 Å². The number of carbonyl (C=O) groups excluding carboxylic acids is 1. The molecule has 0 aromatic carbocycles. The Kier molecular flexibility index (Phi) is 3.00. The van der Waals surface area contributed by atoms with Gasteiger partial charge in [0.2, 0.25) is 0 Å². The first kappa shape index (κ1) is 13.5. The van der Waals surface area contributed by atoms with Crippen LogP contribution >= 0.6 is 11.6 Å². The lowest BCUT2D eigenvalue weighted by molar-refractivity contribution is 0.0105. The summed E-state index contributed by atoms with van der Waals surface area (Å²) in [6, 6.07) is 0. The zero-order chi connectivity index (χ0) is 14.6. The monoisotopic (exact) mass is 305 g/mol. The molecule has 1 aromatic heterocycles. The summed E-state index contributed by atoms with van der Waals surface area (Å²) in [6.45, 7) is 1.81. The standard InChI is InChI=1S/C16H20ClN3O/c1-9-18-14(17)13(8-21)15(19-9)20-16-5-10-2-11(6-16)4-12(3-10)7-16/h8,10-12H,2-7H2,1H3,(H,18,19,20). The number of nitrogens with zero attached hydrogens (tertiary/aromatic N) is 2. The van der Waals surface area contributed by atoms with E-state index in [4.69, 9.17) is 11.6 Å². The van der Waals surface area contributed by atoms with E-state index in [2.05, 4.69) is 15.3 Å². The van der Waals surface area contributed by atoms with Gasteiger partial charge in [0, 0.05) is 5.54 Å². The molecule has 1 heterocycles. The second-order valence-corrected chi connectivity index (χ2v) is 7.62. The highest BCUT2D eigenvalue weighted by Gasteiger charge is 2.51. The van der Waals surface area contributed by atoms with E-state index in [-0.39, 0.29) is 10.7 Å². The van der Waals surface area contributed by atoms with Crippen molar-refractivity contribution in [3.63, 3.8) is 0 Å². The number of aryl methyl sites for hydroxylation is 1. The van der Waals surface area contributed by atoms with Gasteiger partial charge in [0.15, 0.2) is 6.29 Å². The molecule has 4 fully saturated rings. The van der Waals surface area contributed by atoms with Gasteiger partial charge in [-0.2, -0.15) is 0 Å². The van der Waals surface area contributed by atoms with Gasteiger partial charge >= 0.3 is 0 Å². The first-order valence-corrected chi connectivity index (χ1v) is 8.22. The van der Waals surface area contributed by atoms with Gasteiger partial charge in [-0.25, -0.2) is 9.97 Å². The van der Waals surface area contributed by atoms with Gasteiger partial charge in [0.25, 0.3) is 0 Å². The first-order valence-electron chi connectivity index (χ1n) is 7.84. The highest BCUT2D eigenvalue weighted by Crippen LogP contribution is 2.56. The van der Waals surface area contributed by atoms with Crippen LogP contribution < -0.4 is 5.32 Å². The SMILES string of the molecule is Cc1nc(Cl)c(C=O)c(NC23CC4CC(CC(C4)C2)C3)n1. The molecule has 4 bridgehead atoms. The molecular formula is C16H20ClN3O. The number of halogens is 1. The van der Waals surface area contributed by atoms with Crippen LogP contribution in [0, 0.1) is 24.7 Å². The molecule has 5 rings (SSSR count). The number of aromatic nitrogens is 2. The van der Waals surface area contributed by atoms with Crippen LogP contribution in [-0.4, -0.2) is 21.8 Å². The Balaban J connectivity index is 1.68. The van der Waals surface area contributed by atoms with Crippen LogP contribution in [0.3, 0.4) is 0 Å². The number of nitrogens with one attached hydrogen (secondary N) is 1. The van der Waals surface area contributed by atoms with Crippen LogP contribution in [0.5, 0.6) is 0 Å². The molecule has 1 N–H and O–H groups in total. The Hall–Kier alpha value is -1.16. The van der Waals surface area contributed by atoms with Crippen LogP contribution in [0.1, 0.15) is 54.7 Å². The highest BCUT2D eigenvalue weighted by molar-refractivity contribution is 6.32. The number of rotatable bonds is 3. The van der Waals surface area contributed by atoms with Crippen LogP contribution in [0.4, 0.5) is 5.82 Å². The van der Waals surface area contributed by atoms with Crippen LogP contribution in [0.25, 0.3) is 0 Å². The van der Waals surface area contributed by atoms with E-state index in [0.717, 1.165) is 24.0 Å². The molecule has 21 heavy (non-hydrogen) atoms. The minimum Gasteiger partial charge on any atom is -0.364 e. The topological polar surface area (TPSA) is 54.9 Å². The van der Waals surface area contributed by atoms with Gasteiger partial charge in [0.1, 0.15) is 16.8 Å². The molecule has 4 saturated carbocycles. The molecule has 4 aliphatic carbocycles. The molecular weight excluding hydrogens is 286 g/mol. The summed E-state index contributed by atoms with van der Waals surface area (Å²) in [5, 5.41) is 3.88. The van der Waals surface area contributed by atoms with Crippen molar-refractivity contribution in [2.24, 2.45) is 17.8 Å². The summed E-state index contributed by atoms with van der Waals surface area (Å²) in [7, 11) is 0. The van der Waals surface area contributed by atoms with E-state index < -0.39 is 0 Å². The second-order valence-electron chi connectivity index (χ2n) is 7.26. The van der Waals surface area contributed by atoms with Gasteiger partial charge in [-0.05, 0) is 63.2 Å². The molecule has 1 aromatic rings. The Morgan fingerprint density at radius 2 is 1.71 bits per heavy atom. The number of hydrogen-bond donors (Lipinski definition) is 1. The van der Waals surface area contributed by atoms with Gasteiger partial charge in [0.05, 0.1) is 5.56 Å². The van der Waals surface area contributed by atoms with E-state index in [0.29, 0.717) is 17.2 Å². The molecule has 112 valence electrons. The lowest BCUT2D eigenvalue weighted by Crippen LogP contribution is -2.55. The minimum absolute atomic E-state index is 0.122. The average Bonchev–Trinajstić information content (AvgIpc) is 2.35. The Labute approximate surface area is 129 Å². The van der Waals surface area contributed by atoms with Crippen molar-refractivity contribution >= 4 is 23.7 Å². The predicted octanol–water partition coefficient (Wildman–Crippen LogP) is 3.63. The van der Waals surface area contributed by atoms with Crippen molar-refractivity contribution in [1.82, 2.24) is 9.97 Å². The number of anilines is 1. The van der Waals surface area contributed by atoms with Gasteiger partial charge in [-0.1, -0.05) is 11.6 Å². The molecule has 4 nitrogen and oxygen atoms in total. The normalized spacial score (nSPS) is 36.8. The largest absolute Gasteiger partial charge is 0.364 e. The molecule has 0 unspecified atom stereocenters. The minimum atomic E-state index is 0.122. The zero-order valence-electron chi connectivity index (χ0n) is 12.2. The summed E-state index contributed by atoms with van der Waals surface area (Å²) in [4.78, 5) is 19.9. The fourth-order valence-corrected chi connectivity index (χ4v) is 5.52. The fraction of sp³-hybridized carbons (Fsp3) is 0.688. The van der Waals surface area contributed by atoms with Crippen molar-refractivity contribution in [3.8, 4) is 0 Å².